The SMILES string of the molecule is CCNC(=O)N(C1CC1)C1CCOC2(CCN(C(=O)Cc3cccc(C)c3)CC2)C1. The van der Waals surface area contributed by atoms with E-state index in [2.05, 4.69) is 29.3 Å². The minimum Gasteiger partial charge on any atom is -0.375 e. The van der Waals surface area contributed by atoms with Crippen LogP contribution < -0.4 is 5.32 Å². The van der Waals surface area contributed by atoms with Gasteiger partial charge in [0.05, 0.1) is 12.0 Å². The van der Waals surface area contributed by atoms with Gasteiger partial charge in [-0.15, -0.1) is 0 Å². The van der Waals surface area contributed by atoms with Gasteiger partial charge in [0.1, 0.15) is 0 Å². The van der Waals surface area contributed by atoms with Crippen LogP contribution in [-0.2, 0) is 16.0 Å². The largest absolute Gasteiger partial charge is 0.375 e. The number of nitrogens with zero attached hydrogens (tertiary/aromatic N) is 2. The molecule has 4 rings (SSSR count). The van der Waals surface area contributed by atoms with Crippen LogP contribution in [0.15, 0.2) is 24.3 Å². The molecule has 2 saturated heterocycles. The van der Waals surface area contributed by atoms with Gasteiger partial charge in [0.2, 0.25) is 5.91 Å². The molecule has 6 heteroatoms. The van der Waals surface area contributed by atoms with Gasteiger partial charge in [-0.1, -0.05) is 29.8 Å². The van der Waals surface area contributed by atoms with Crippen LogP contribution in [0.3, 0.4) is 0 Å². The fourth-order valence-electron chi connectivity index (χ4n) is 5.08. The molecule has 2 aliphatic heterocycles. The molecule has 0 bridgehead atoms. The molecule has 164 valence electrons. The number of piperidine rings is 1. The number of carbonyl (C=O) groups excluding carboxylic acids is 2. The topological polar surface area (TPSA) is 61.9 Å². The molecule has 3 aliphatic rings. The summed E-state index contributed by atoms with van der Waals surface area (Å²) in [6, 6.07) is 8.90. The van der Waals surface area contributed by atoms with Crippen molar-refractivity contribution in [1.82, 2.24) is 15.1 Å². The average Bonchev–Trinajstić information content (AvgIpc) is 3.54. The first kappa shape index (κ1) is 21.2. The van der Waals surface area contributed by atoms with Crippen molar-refractivity contribution in [1.29, 1.82) is 0 Å². The Morgan fingerprint density at radius 3 is 2.63 bits per heavy atom. The van der Waals surface area contributed by atoms with Crippen molar-refractivity contribution in [2.24, 2.45) is 0 Å². The van der Waals surface area contributed by atoms with E-state index in [1.54, 1.807) is 0 Å². The standard InChI is InChI=1S/C24H35N3O3/c1-3-25-23(29)27(20-7-8-20)21-9-14-30-24(17-21)10-12-26(13-11-24)22(28)16-19-6-4-5-18(2)15-19/h4-6,15,20-21H,3,7-14,16-17H2,1-2H3,(H,25,29). The lowest BCUT2D eigenvalue weighted by Crippen LogP contribution is -2.57. The van der Waals surface area contributed by atoms with Crippen molar-refractivity contribution in [3.05, 3.63) is 35.4 Å². The van der Waals surface area contributed by atoms with Crippen LogP contribution >= 0.6 is 0 Å². The molecule has 1 saturated carbocycles. The van der Waals surface area contributed by atoms with Crippen LogP contribution in [-0.4, -0.2) is 65.7 Å². The van der Waals surface area contributed by atoms with E-state index in [9.17, 15) is 9.59 Å². The van der Waals surface area contributed by atoms with Crippen molar-refractivity contribution >= 4 is 11.9 Å². The number of hydrogen-bond acceptors (Lipinski definition) is 3. The number of rotatable bonds is 5. The molecule has 2 heterocycles. The van der Waals surface area contributed by atoms with Crippen LogP contribution in [0.2, 0.25) is 0 Å². The lowest BCUT2D eigenvalue weighted by Gasteiger charge is -2.48. The van der Waals surface area contributed by atoms with Gasteiger partial charge in [-0.25, -0.2) is 4.79 Å². The number of aryl methyl sites for hydroxylation is 1. The summed E-state index contributed by atoms with van der Waals surface area (Å²) in [6.45, 7) is 6.86. The van der Waals surface area contributed by atoms with Gasteiger partial charge in [-0.2, -0.15) is 0 Å². The highest BCUT2D eigenvalue weighted by Gasteiger charge is 2.46. The Bertz CT molecular complexity index is 769. The molecule has 1 aliphatic carbocycles. The number of nitrogens with one attached hydrogen (secondary N) is 1. The van der Waals surface area contributed by atoms with Crippen LogP contribution in [0, 0.1) is 6.92 Å². The fraction of sp³-hybridized carbons (Fsp3) is 0.667. The third kappa shape index (κ3) is 4.80. The van der Waals surface area contributed by atoms with Crippen LogP contribution in [0.1, 0.15) is 56.6 Å². The maximum absolute atomic E-state index is 12.8. The molecule has 0 radical (unpaired) electrons. The second kappa shape index (κ2) is 8.96. The summed E-state index contributed by atoms with van der Waals surface area (Å²) in [5, 5.41) is 3.00. The molecule has 1 atom stereocenters. The van der Waals surface area contributed by atoms with Crippen molar-refractivity contribution in [3.8, 4) is 0 Å². The van der Waals surface area contributed by atoms with Gasteiger partial charge in [0, 0.05) is 38.3 Å². The first-order valence-corrected chi connectivity index (χ1v) is 11.5. The maximum Gasteiger partial charge on any atom is 0.317 e. The lowest BCUT2D eigenvalue weighted by atomic mass is 9.81. The van der Waals surface area contributed by atoms with Gasteiger partial charge in [-0.3, -0.25) is 4.79 Å². The third-order valence-corrected chi connectivity index (χ3v) is 6.83. The van der Waals surface area contributed by atoms with E-state index < -0.39 is 0 Å². The van der Waals surface area contributed by atoms with E-state index in [0.29, 0.717) is 25.6 Å². The number of likely N-dealkylation sites (tertiary alicyclic amines) is 1. The minimum absolute atomic E-state index is 0.0767. The molecule has 3 amide bonds. The number of benzene rings is 1. The van der Waals surface area contributed by atoms with Crippen LogP contribution in [0.25, 0.3) is 0 Å². The Labute approximate surface area is 179 Å². The third-order valence-electron chi connectivity index (χ3n) is 6.83. The first-order valence-electron chi connectivity index (χ1n) is 11.5. The van der Waals surface area contributed by atoms with Gasteiger partial charge in [0.25, 0.3) is 0 Å². The highest BCUT2D eigenvalue weighted by Crippen LogP contribution is 2.40. The molecule has 1 spiro atoms. The summed E-state index contributed by atoms with van der Waals surface area (Å²) in [5.74, 6) is 0.199. The summed E-state index contributed by atoms with van der Waals surface area (Å²) in [4.78, 5) is 29.5. The second-order valence-corrected chi connectivity index (χ2v) is 9.20. The smallest absolute Gasteiger partial charge is 0.317 e. The fourth-order valence-corrected chi connectivity index (χ4v) is 5.08. The number of amides is 3. The number of urea groups is 1. The zero-order valence-corrected chi connectivity index (χ0v) is 18.4. The Hall–Kier alpha value is -2.08. The Morgan fingerprint density at radius 1 is 1.20 bits per heavy atom. The Kier molecular flexibility index (Phi) is 6.32. The molecule has 0 aromatic heterocycles. The van der Waals surface area contributed by atoms with E-state index >= 15 is 0 Å². The van der Waals surface area contributed by atoms with Crippen molar-refractivity contribution in [2.75, 3.05) is 26.2 Å². The van der Waals surface area contributed by atoms with E-state index in [1.807, 2.05) is 24.0 Å². The molecule has 6 nitrogen and oxygen atoms in total. The normalized spacial score (nSPS) is 23.3. The van der Waals surface area contributed by atoms with Gasteiger partial charge in [0.15, 0.2) is 0 Å². The summed E-state index contributed by atoms with van der Waals surface area (Å²) in [5.41, 5.74) is 2.08. The molecule has 3 fully saturated rings. The first-order chi connectivity index (χ1) is 14.5. The van der Waals surface area contributed by atoms with E-state index in [-0.39, 0.29) is 23.6 Å². The van der Waals surface area contributed by atoms with Crippen molar-refractivity contribution in [2.45, 2.75) is 76.5 Å². The summed E-state index contributed by atoms with van der Waals surface area (Å²) < 4.78 is 6.29. The quantitative estimate of drug-likeness (QED) is 0.806. The number of hydrogen-bond donors (Lipinski definition) is 1. The predicted octanol–water partition coefficient (Wildman–Crippen LogP) is 3.27. The van der Waals surface area contributed by atoms with Crippen molar-refractivity contribution in [3.63, 3.8) is 0 Å². The summed E-state index contributed by atoms with van der Waals surface area (Å²) in [7, 11) is 0. The van der Waals surface area contributed by atoms with Crippen LogP contribution in [0.4, 0.5) is 4.79 Å². The highest BCUT2D eigenvalue weighted by atomic mass is 16.5. The maximum atomic E-state index is 12.8. The Balaban J connectivity index is 1.35. The number of ether oxygens (including phenoxy) is 1. The monoisotopic (exact) mass is 413 g/mol. The summed E-state index contributed by atoms with van der Waals surface area (Å²) >= 11 is 0. The molecule has 1 N–H and O–H groups in total. The van der Waals surface area contributed by atoms with Gasteiger partial charge < -0.3 is 19.9 Å². The zero-order chi connectivity index (χ0) is 21.1. The highest BCUT2D eigenvalue weighted by molar-refractivity contribution is 5.79. The van der Waals surface area contributed by atoms with Gasteiger partial charge >= 0.3 is 6.03 Å². The van der Waals surface area contributed by atoms with E-state index in [1.165, 1.54) is 5.56 Å². The minimum atomic E-state index is -0.192. The van der Waals surface area contributed by atoms with Gasteiger partial charge in [-0.05, 0) is 57.9 Å². The zero-order valence-electron chi connectivity index (χ0n) is 18.4. The second-order valence-electron chi connectivity index (χ2n) is 9.20. The summed E-state index contributed by atoms with van der Waals surface area (Å²) in [6.07, 6.45) is 6.20. The van der Waals surface area contributed by atoms with E-state index in [4.69, 9.17) is 4.74 Å². The number of carbonyl (C=O) groups is 2. The predicted molar refractivity (Wildman–Crippen MR) is 116 cm³/mol. The molecular formula is C24H35N3O3. The molecular weight excluding hydrogens is 378 g/mol. The Morgan fingerprint density at radius 2 is 1.97 bits per heavy atom. The molecule has 1 aromatic carbocycles. The van der Waals surface area contributed by atoms with Crippen LogP contribution in [0.5, 0.6) is 0 Å². The molecule has 1 unspecified atom stereocenters. The molecule has 1 aromatic rings. The van der Waals surface area contributed by atoms with E-state index in [0.717, 1.165) is 57.2 Å². The average molecular weight is 414 g/mol. The molecule has 30 heavy (non-hydrogen) atoms. The lowest BCUT2D eigenvalue weighted by molar-refractivity contribution is -0.147. The van der Waals surface area contributed by atoms with Crippen molar-refractivity contribution < 1.29 is 14.3 Å².